The summed E-state index contributed by atoms with van der Waals surface area (Å²) >= 11 is 11.8. The molecular formula is C15H14Cl2N2O. The molecule has 104 valence electrons. The Morgan fingerprint density at radius 3 is 2.30 bits per heavy atom. The van der Waals surface area contributed by atoms with Crippen LogP contribution in [0.4, 0.5) is 5.69 Å². The fourth-order valence-electron chi connectivity index (χ4n) is 2.02. The first-order valence-corrected chi connectivity index (χ1v) is 6.81. The number of benzene rings is 1. The van der Waals surface area contributed by atoms with Crippen LogP contribution in [0.2, 0.25) is 10.2 Å². The Morgan fingerprint density at radius 2 is 1.70 bits per heavy atom. The average molecular weight is 309 g/mol. The summed E-state index contributed by atoms with van der Waals surface area (Å²) in [4.78, 5) is 17.9. The third-order valence-corrected chi connectivity index (χ3v) is 3.46. The van der Waals surface area contributed by atoms with Gasteiger partial charge in [0, 0.05) is 18.9 Å². The number of carbonyl (C=O) groups is 1. The van der Waals surface area contributed by atoms with Gasteiger partial charge in [-0.05, 0) is 43.2 Å². The van der Waals surface area contributed by atoms with E-state index < -0.39 is 0 Å². The highest BCUT2D eigenvalue weighted by molar-refractivity contribution is 6.35. The molecule has 1 aromatic heterocycles. The molecule has 1 aromatic carbocycles. The van der Waals surface area contributed by atoms with Gasteiger partial charge in [0.25, 0.3) is 5.91 Å². The number of aryl methyl sites for hydroxylation is 2. The van der Waals surface area contributed by atoms with Crippen molar-refractivity contribution in [2.24, 2.45) is 0 Å². The lowest BCUT2D eigenvalue weighted by atomic mass is 10.1. The van der Waals surface area contributed by atoms with Gasteiger partial charge in [-0.1, -0.05) is 29.3 Å². The first-order valence-electron chi connectivity index (χ1n) is 6.06. The van der Waals surface area contributed by atoms with Gasteiger partial charge in [0.15, 0.2) is 0 Å². The molecule has 0 saturated heterocycles. The smallest absolute Gasteiger partial charge is 0.259 e. The second-order valence-corrected chi connectivity index (χ2v) is 5.49. The molecule has 1 amide bonds. The van der Waals surface area contributed by atoms with Gasteiger partial charge in [0.2, 0.25) is 0 Å². The van der Waals surface area contributed by atoms with E-state index >= 15 is 0 Å². The minimum atomic E-state index is -0.218. The Labute approximate surface area is 128 Å². The zero-order chi connectivity index (χ0) is 14.9. The number of anilines is 1. The number of hydrogen-bond acceptors (Lipinski definition) is 2. The molecule has 0 unspecified atom stereocenters. The highest BCUT2D eigenvalue weighted by atomic mass is 35.5. The van der Waals surface area contributed by atoms with Crippen molar-refractivity contribution in [3.8, 4) is 0 Å². The lowest BCUT2D eigenvalue weighted by Gasteiger charge is -2.19. The number of nitrogens with zero attached hydrogens (tertiary/aromatic N) is 2. The summed E-state index contributed by atoms with van der Waals surface area (Å²) in [5.41, 5.74) is 3.35. The van der Waals surface area contributed by atoms with Crippen LogP contribution in [-0.2, 0) is 0 Å². The van der Waals surface area contributed by atoms with Crippen LogP contribution in [0.5, 0.6) is 0 Å². The Balaban J connectivity index is 2.39. The fourth-order valence-corrected chi connectivity index (χ4v) is 2.36. The molecule has 0 spiro atoms. The average Bonchev–Trinajstić information content (AvgIpc) is 2.38. The Morgan fingerprint density at radius 1 is 1.10 bits per heavy atom. The second kappa shape index (κ2) is 5.81. The lowest BCUT2D eigenvalue weighted by Crippen LogP contribution is -2.26. The van der Waals surface area contributed by atoms with Gasteiger partial charge in [0.05, 0.1) is 10.6 Å². The number of rotatable bonds is 2. The van der Waals surface area contributed by atoms with Crippen LogP contribution in [0.1, 0.15) is 21.5 Å². The van der Waals surface area contributed by atoms with Crippen LogP contribution in [-0.4, -0.2) is 17.9 Å². The minimum absolute atomic E-state index is 0.218. The molecule has 0 aliphatic heterocycles. The molecular weight excluding hydrogens is 295 g/mol. The van der Waals surface area contributed by atoms with Crippen molar-refractivity contribution < 1.29 is 4.79 Å². The summed E-state index contributed by atoms with van der Waals surface area (Å²) in [5.74, 6) is -0.218. The quantitative estimate of drug-likeness (QED) is 0.776. The van der Waals surface area contributed by atoms with Gasteiger partial charge in [-0.15, -0.1) is 0 Å². The van der Waals surface area contributed by atoms with E-state index in [9.17, 15) is 4.79 Å². The van der Waals surface area contributed by atoms with Crippen LogP contribution in [0, 0.1) is 13.8 Å². The predicted molar refractivity (Wildman–Crippen MR) is 82.9 cm³/mol. The standard InChI is InChI=1S/C15H14Cl2N2O/c1-9-4-10(2)6-11(5-9)19(3)15(20)12-7-14(17)18-8-13(12)16/h4-8H,1-3H3. The van der Waals surface area contributed by atoms with Crippen molar-refractivity contribution in [2.45, 2.75) is 13.8 Å². The molecule has 5 heteroatoms. The molecule has 0 atom stereocenters. The van der Waals surface area contributed by atoms with E-state index in [1.807, 2.05) is 26.0 Å². The van der Waals surface area contributed by atoms with Gasteiger partial charge >= 0.3 is 0 Å². The zero-order valence-electron chi connectivity index (χ0n) is 11.4. The van der Waals surface area contributed by atoms with Gasteiger partial charge in [-0.2, -0.15) is 0 Å². The maximum Gasteiger partial charge on any atom is 0.259 e. The van der Waals surface area contributed by atoms with E-state index in [0.29, 0.717) is 5.56 Å². The second-order valence-electron chi connectivity index (χ2n) is 4.70. The third-order valence-electron chi connectivity index (χ3n) is 2.95. The molecule has 0 radical (unpaired) electrons. The van der Waals surface area contributed by atoms with E-state index in [4.69, 9.17) is 23.2 Å². The van der Waals surface area contributed by atoms with Crippen molar-refractivity contribution in [3.05, 3.63) is 57.3 Å². The molecule has 0 bridgehead atoms. The van der Waals surface area contributed by atoms with Crippen molar-refractivity contribution in [1.82, 2.24) is 4.98 Å². The topological polar surface area (TPSA) is 33.2 Å². The van der Waals surface area contributed by atoms with E-state index in [1.54, 1.807) is 11.9 Å². The summed E-state index contributed by atoms with van der Waals surface area (Å²) in [6, 6.07) is 7.42. The number of aromatic nitrogens is 1. The van der Waals surface area contributed by atoms with Gasteiger partial charge in [-0.3, -0.25) is 4.79 Å². The normalized spacial score (nSPS) is 10.4. The highest BCUT2D eigenvalue weighted by Gasteiger charge is 2.17. The molecule has 0 saturated carbocycles. The van der Waals surface area contributed by atoms with E-state index in [-0.39, 0.29) is 16.1 Å². The first kappa shape index (κ1) is 14.8. The maximum absolute atomic E-state index is 12.5. The van der Waals surface area contributed by atoms with E-state index in [2.05, 4.69) is 11.1 Å². The SMILES string of the molecule is Cc1cc(C)cc(N(C)C(=O)c2cc(Cl)ncc2Cl)c1. The van der Waals surface area contributed by atoms with Gasteiger partial charge in [0.1, 0.15) is 5.15 Å². The molecule has 2 aromatic rings. The van der Waals surface area contributed by atoms with E-state index in [1.165, 1.54) is 12.3 Å². The van der Waals surface area contributed by atoms with Crippen LogP contribution in [0.3, 0.4) is 0 Å². The lowest BCUT2D eigenvalue weighted by molar-refractivity contribution is 0.0993. The molecule has 0 aliphatic carbocycles. The van der Waals surface area contributed by atoms with Crippen molar-refractivity contribution in [3.63, 3.8) is 0 Å². The summed E-state index contributed by atoms with van der Waals surface area (Å²) in [7, 11) is 1.71. The Bertz CT molecular complexity index is 651. The van der Waals surface area contributed by atoms with Crippen molar-refractivity contribution in [2.75, 3.05) is 11.9 Å². The predicted octanol–water partition coefficient (Wildman–Crippen LogP) is 4.28. The van der Waals surface area contributed by atoms with Crippen LogP contribution >= 0.6 is 23.2 Å². The van der Waals surface area contributed by atoms with Gasteiger partial charge in [-0.25, -0.2) is 4.98 Å². The number of halogens is 2. The Hall–Kier alpha value is -1.58. The summed E-state index contributed by atoms with van der Waals surface area (Å²) < 4.78 is 0. The monoisotopic (exact) mass is 308 g/mol. The zero-order valence-corrected chi connectivity index (χ0v) is 13.0. The molecule has 1 heterocycles. The summed E-state index contributed by atoms with van der Waals surface area (Å²) in [6.45, 7) is 3.98. The number of pyridine rings is 1. The molecule has 0 fully saturated rings. The Kier molecular flexibility index (Phi) is 4.31. The van der Waals surface area contributed by atoms with Crippen LogP contribution in [0.15, 0.2) is 30.5 Å². The van der Waals surface area contributed by atoms with Crippen molar-refractivity contribution >= 4 is 34.8 Å². The number of hydrogen-bond donors (Lipinski definition) is 0. The maximum atomic E-state index is 12.5. The summed E-state index contributed by atoms with van der Waals surface area (Å²) in [5, 5.41) is 0.530. The van der Waals surface area contributed by atoms with E-state index in [0.717, 1.165) is 16.8 Å². The minimum Gasteiger partial charge on any atom is -0.311 e. The largest absolute Gasteiger partial charge is 0.311 e. The van der Waals surface area contributed by atoms with Crippen molar-refractivity contribution in [1.29, 1.82) is 0 Å². The highest BCUT2D eigenvalue weighted by Crippen LogP contribution is 2.23. The molecule has 2 rings (SSSR count). The first-order chi connectivity index (χ1) is 9.38. The molecule has 0 N–H and O–H groups in total. The van der Waals surface area contributed by atoms with Crippen LogP contribution in [0.25, 0.3) is 0 Å². The number of carbonyl (C=O) groups excluding carboxylic acids is 1. The molecule has 20 heavy (non-hydrogen) atoms. The fraction of sp³-hybridized carbons (Fsp3) is 0.200. The van der Waals surface area contributed by atoms with Crippen LogP contribution < -0.4 is 4.90 Å². The van der Waals surface area contributed by atoms with Gasteiger partial charge < -0.3 is 4.90 Å². The molecule has 0 aliphatic rings. The molecule has 3 nitrogen and oxygen atoms in total. The third kappa shape index (κ3) is 3.11. The number of amides is 1. The summed E-state index contributed by atoms with van der Waals surface area (Å²) in [6.07, 6.45) is 1.38.